The third-order valence-electron chi connectivity index (χ3n) is 2.69. The normalized spacial score (nSPS) is 15.3. The van der Waals surface area contributed by atoms with Gasteiger partial charge in [0.2, 0.25) is 5.78 Å². The Kier molecular flexibility index (Phi) is 4.03. The second-order valence-corrected chi connectivity index (χ2v) is 3.96. The van der Waals surface area contributed by atoms with Crippen LogP contribution in [0.15, 0.2) is 24.3 Å². The summed E-state index contributed by atoms with van der Waals surface area (Å²) in [5.41, 5.74) is -3.25. The van der Waals surface area contributed by atoms with E-state index in [1.165, 1.54) is 25.1 Å². The molecular weight excluding hydrogens is 256 g/mol. The molecule has 0 aliphatic heterocycles. The molecule has 0 fully saturated rings. The Balaban J connectivity index is 3.36. The predicted octanol–water partition coefficient (Wildman–Crippen LogP) is -0.561. The zero-order chi connectivity index (χ0) is 14.8. The molecule has 0 amide bonds. The molecule has 102 valence electrons. The fourth-order valence-electron chi connectivity index (χ4n) is 1.55. The molecule has 0 aromatic heterocycles. The Bertz CT molecular complexity index is 537. The Labute approximate surface area is 107 Å². The highest BCUT2D eigenvalue weighted by Crippen LogP contribution is 2.21. The molecule has 7 nitrogen and oxygen atoms in total. The van der Waals surface area contributed by atoms with E-state index in [2.05, 4.69) is 0 Å². The molecule has 0 radical (unpaired) electrons. The van der Waals surface area contributed by atoms with Crippen molar-refractivity contribution in [2.24, 2.45) is 0 Å². The van der Waals surface area contributed by atoms with Gasteiger partial charge >= 0.3 is 11.9 Å². The molecule has 0 unspecified atom stereocenters. The SMILES string of the molecule is Cc1ccccc1C(=O)[C@@](O)(C(=O)O)[C@H](O)C(=O)O. The van der Waals surface area contributed by atoms with Gasteiger partial charge in [0.15, 0.2) is 6.10 Å². The van der Waals surface area contributed by atoms with Gasteiger partial charge in [0.25, 0.3) is 5.60 Å². The molecule has 2 atom stereocenters. The molecule has 7 heteroatoms. The number of carbonyl (C=O) groups is 3. The van der Waals surface area contributed by atoms with E-state index < -0.39 is 29.4 Å². The van der Waals surface area contributed by atoms with Crippen molar-refractivity contribution in [2.45, 2.75) is 18.6 Å². The van der Waals surface area contributed by atoms with E-state index in [0.29, 0.717) is 5.56 Å². The molecule has 0 spiro atoms. The second kappa shape index (κ2) is 5.17. The summed E-state index contributed by atoms with van der Waals surface area (Å²) in [7, 11) is 0. The fraction of sp³-hybridized carbons (Fsp3) is 0.250. The number of Topliss-reactive ketones (excluding diaryl/α,β-unsaturated/α-hetero) is 1. The van der Waals surface area contributed by atoms with Gasteiger partial charge in [-0.05, 0) is 12.5 Å². The van der Waals surface area contributed by atoms with Crippen LogP contribution in [0.5, 0.6) is 0 Å². The first-order valence-corrected chi connectivity index (χ1v) is 5.20. The second-order valence-electron chi connectivity index (χ2n) is 3.96. The molecule has 1 aromatic rings. The third kappa shape index (κ3) is 2.47. The Morgan fingerprint density at radius 1 is 1.16 bits per heavy atom. The molecule has 0 bridgehead atoms. The van der Waals surface area contributed by atoms with Crippen molar-refractivity contribution in [3.63, 3.8) is 0 Å². The van der Waals surface area contributed by atoms with E-state index >= 15 is 0 Å². The summed E-state index contributed by atoms with van der Waals surface area (Å²) < 4.78 is 0. The Morgan fingerprint density at radius 3 is 2.11 bits per heavy atom. The van der Waals surface area contributed by atoms with Crippen molar-refractivity contribution >= 4 is 17.7 Å². The lowest BCUT2D eigenvalue weighted by atomic mass is 9.86. The van der Waals surface area contributed by atoms with Crippen LogP contribution >= 0.6 is 0 Å². The van der Waals surface area contributed by atoms with Crippen LogP contribution in [0.25, 0.3) is 0 Å². The number of hydrogen-bond donors (Lipinski definition) is 4. The summed E-state index contributed by atoms with van der Waals surface area (Å²) in [6.45, 7) is 1.49. The number of hydrogen-bond acceptors (Lipinski definition) is 5. The molecule has 0 saturated carbocycles. The molecule has 19 heavy (non-hydrogen) atoms. The maximum Gasteiger partial charge on any atom is 0.347 e. The monoisotopic (exact) mass is 268 g/mol. The van der Waals surface area contributed by atoms with Crippen molar-refractivity contribution in [2.75, 3.05) is 0 Å². The van der Waals surface area contributed by atoms with Crippen LogP contribution in [0.1, 0.15) is 15.9 Å². The van der Waals surface area contributed by atoms with Gasteiger partial charge in [0.1, 0.15) is 0 Å². The Hall–Kier alpha value is -2.25. The molecular formula is C12H12O7. The summed E-state index contributed by atoms with van der Waals surface area (Å²) in [6.07, 6.45) is -2.77. The molecule has 0 saturated heterocycles. The largest absolute Gasteiger partial charge is 0.479 e. The van der Waals surface area contributed by atoms with Gasteiger partial charge in [0, 0.05) is 5.56 Å². The van der Waals surface area contributed by atoms with E-state index in [0.717, 1.165) is 0 Å². The van der Waals surface area contributed by atoms with Crippen molar-refractivity contribution in [1.29, 1.82) is 0 Å². The summed E-state index contributed by atoms with van der Waals surface area (Å²) in [4.78, 5) is 33.7. The van der Waals surface area contributed by atoms with E-state index in [4.69, 9.17) is 10.2 Å². The number of rotatable bonds is 5. The highest BCUT2D eigenvalue weighted by Gasteiger charge is 2.54. The minimum Gasteiger partial charge on any atom is -0.479 e. The number of carboxylic acid groups (broad SMARTS) is 2. The average Bonchev–Trinajstić information content (AvgIpc) is 2.36. The predicted molar refractivity (Wildman–Crippen MR) is 61.7 cm³/mol. The number of aliphatic hydroxyl groups excluding tert-OH is 1. The maximum atomic E-state index is 12.0. The van der Waals surface area contributed by atoms with Crippen LogP contribution in [0.2, 0.25) is 0 Å². The third-order valence-corrected chi connectivity index (χ3v) is 2.69. The first-order chi connectivity index (χ1) is 8.72. The number of aryl methyl sites for hydroxylation is 1. The summed E-state index contributed by atoms with van der Waals surface area (Å²) in [5, 5.41) is 36.6. The Morgan fingerprint density at radius 2 is 1.68 bits per heavy atom. The number of benzene rings is 1. The summed E-state index contributed by atoms with van der Waals surface area (Å²) >= 11 is 0. The fourth-order valence-corrected chi connectivity index (χ4v) is 1.55. The smallest absolute Gasteiger partial charge is 0.347 e. The van der Waals surface area contributed by atoms with Gasteiger partial charge in [-0.2, -0.15) is 0 Å². The van der Waals surface area contributed by atoms with Gasteiger partial charge in [-0.1, -0.05) is 24.3 Å². The van der Waals surface area contributed by atoms with Crippen molar-refractivity contribution in [3.05, 3.63) is 35.4 Å². The molecule has 4 N–H and O–H groups in total. The molecule has 1 rings (SSSR count). The van der Waals surface area contributed by atoms with Crippen LogP contribution in [-0.2, 0) is 9.59 Å². The van der Waals surface area contributed by atoms with Crippen LogP contribution in [0.4, 0.5) is 0 Å². The van der Waals surface area contributed by atoms with Gasteiger partial charge in [0.05, 0.1) is 0 Å². The van der Waals surface area contributed by atoms with Crippen molar-refractivity contribution in [1.82, 2.24) is 0 Å². The first-order valence-electron chi connectivity index (χ1n) is 5.20. The molecule has 0 heterocycles. The van der Waals surface area contributed by atoms with Crippen LogP contribution in [-0.4, -0.2) is 49.9 Å². The van der Waals surface area contributed by atoms with Gasteiger partial charge in [-0.25, -0.2) is 9.59 Å². The number of carboxylic acids is 2. The van der Waals surface area contributed by atoms with Gasteiger partial charge in [-0.15, -0.1) is 0 Å². The maximum absolute atomic E-state index is 12.0. The van der Waals surface area contributed by atoms with Gasteiger partial charge in [-0.3, -0.25) is 4.79 Å². The first kappa shape index (κ1) is 14.8. The summed E-state index contributed by atoms with van der Waals surface area (Å²) in [5.74, 6) is -5.52. The lowest BCUT2D eigenvalue weighted by molar-refractivity contribution is -0.175. The van der Waals surface area contributed by atoms with Gasteiger partial charge < -0.3 is 20.4 Å². The number of aliphatic carboxylic acids is 2. The number of aliphatic hydroxyl groups is 2. The zero-order valence-electron chi connectivity index (χ0n) is 9.90. The topological polar surface area (TPSA) is 132 Å². The standard InChI is InChI=1S/C12H12O7/c1-6-4-2-3-5-7(6)8(13)12(19,11(17)18)9(14)10(15)16/h2-5,9,14,19H,1H3,(H,15,16)(H,17,18)/t9-,12+/m1/s1. The molecule has 0 aliphatic rings. The number of ketones is 1. The average molecular weight is 268 g/mol. The molecule has 1 aromatic carbocycles. The minimum atomic E-state index is -3.43. The van der Waals surface area contributed by atoms with E-state index in [-0.39, 0.29) is 5.56 Å². The highest BCUT2D eigenvalue weighted by molar-refractivity contribution is 6.18. The van der Waals surface area contributed by atoms with Crippen LogP contribution in [0.3, 0.4) is 0 Å². The lowest BCUT2D eigenvalue weighted by Gasteiger charge is -2.25. The minimum absolute atomic E-state index is 0.173. The van der Waals surface area contributed by atoms with E-state index in [1.807, 2.05) is 0 Å². The zero-order valence-corrected chi connectivity index (χ0v) is 9.90. The lowest BCUT2D eigenvalue weighted by Crippen LogP contribution is -2.59. The summed E-state index contributed by atoms with van der Waals surface area (Å²) in [6, 6.07) is 5.73. The van der Waals surface area contributed by atoms with Crippen molar-refractivity contribution < 1.29 is 34.8 Å². The van der Waals surface area contributed by atoms with E-state index in [1.54, 1.807) is 6.07 Å². The van der Waals surface area contributed by atoms with E-state index in [9.17, 15) is 24.6 Å². The quantitative estimate of drug-likeness (QED) is 0.415. The molecule has 0 aliphatic carbocycles. The highest BCUT2D eigenvalue weighted by atomic mass is 16.4. The van der Waals surface area contributed by atoms with Crippen molar-refractivity contribution in [3.8, 4) is 0 Å². The van der Waals surface area contributed by atoms with Crippen LogP contribution in [0, 0.1) is 6.92 Å². The number of carbonyl (C=O) groups excluding carboxylic acids is 1. The van der Waals surface area contributed by atoms with Crippen LogP contribution < -0.4 is 0 Å².